The average Bonchev–Trinajstić information content (AvgIpc) is 2.42. The Morgan fingerprint density at radius 3 is 1.62 bits per heavy atom. The highest BCUT2D eigenvalue weighted by Crippen LogP contribution is 2.32. The fourth-order valence-corrected chi connectivity index (χ4v) is 1.88. The fourth-order valence-electron chi connectivity index (χ4n) is 1.88. The van der Waals surface area contributed by atoms with E-state index in [4.69, 9.17) is 12.6 Å². The lowest BCUT2D eigenvalue weighted by molar-refractivity contribution is 0.230. The number of benzene rings is 2. The van der Waals surface area contributed by atoms with Crippen LogP contribution in [0.4, 0.5) is 26.3 Å². The zero-order valence-electron chi connectivity index (χ0n) is 10.8. The van der Waals surface area contributed by atoms with Gasteiger partial charge in [-0.3, -0.25) is 0 Å². The Bertz CT molecular complexity index is 744. The van der Waals surface area contributed by atoms with Crippen molar-refractivity contribution in [3.63, 3.8) is 0 Å². The Hall–Kier alpha value is -1.86. The van der Waals surface area contributed by atoms with Crippen LogP contribution in [0.5, 0.6) is 5.75 Å². The van der Waals surface area contributed by atoms with Crippen LogP contribution in [0.3, 0.4) is 0 Å². The molecule has 0 N–H and O–H groups in total. The molecule has 0 aliphatic rings. The van der Waals surface area contributed by atoms with Gasteiger partial charge in [-0.1, -0.05) is 0 Å². The van der Waals surface area contributed by atoms with E-state index in [9.17, 15) is 26.3 Å². The molecular formula is C13H7BF6O. The summed E-state index contributed by atoms with van der Waals surface area (Å²) in [6.07, 6.45) is -0.670. The van der Waals surface area contributed by atoms with E-state index in [1.54, 1.807) is 0 Å². The van der Waals surface area contributed by atoms with E-state index in [0.717, 1.165) is 0 Å². The van der Waals surface area contributed by atoms with E-state index in [-0.39, 0.29) is 0 Å². The standard InChI is InChI=1S/C13H7BF6O/c1-3(2)21-13-6(14)4-5(9(17)12(13)20)8(16)11(19)10(18)7(4)15/h3H,1-2H3. The first-order chi connectivity index (χ1) is 9.68. The second kappa shape index (κ2) is 5.16. The lowest BCUT2D eigenvalue weighted by Gasteiger charge is -2.17. The van der Waals surface area contributed by atoms with Gasteiger partial charge in [0.1, 0.15) is 7.85 Å². The molecule has 8 heteroatoms. The largest absolute Gasteiger partial charge is 0.488 e. The second-order valence-electron chi connectivity index (χ2n) is 4.54. The number of ether oxygens (including phenoxy) is 1. The molecule has 110 valence electrons. The maximum absolute atomic E-state index is 13.8. The number of fused-ring (bicyclic) bond motifs is 1. The molecule has 0 aliphatic carbocycles. The summed E-state index contributed by atoms with van der Waals surface area (Å²) < 4.78 is 86.2. The Kier molecular flexibility index (Phi) is 3.82. The number of rotatable bonds is 2. The van der Waals surface area contributed by atoms with Crippen molar-refractivity contribution in [2.24, 2.45) is 0 Å². The Morgan fingerprint density at radius 2 is 1.14 bits per heavy atom. The highest BCUT2D eigenvalue weighted by molar-refractivity contribution is 6.41. The van der Waals surface area contributed by atoms with Crippen LogP contribution in [-0.2, 0) is 0 Å². The van der Waals surface area contributed by atoms with Gasteiger partial charge in [0, 0.05) is 5.39 Å². The van der Waals surface area contributed by atoms with E-state index in [1.807, 2.05) is 0 Å². The maximum Gasteiger partial charge on any atom is 0.200 e. The van der Waals surface area contributed by atoms with Crippen LogP contribution in [0.25, 0.3) is 10.8 Å². The van der Waals surface area contributed by atoms with E-state index in [2.05, 4.69) is 0 Å². The Morgan fingerprint density at radius 1 is 0.714 bits per heavy atom. The minimum absolute atomic E-state index is 0.670. The molecule has 2 aromatic carbocycles. The molecule has 0 amide bonds. The van der Waals surface area contributed by atoms with Crippen LogP contribution in [0.15, 0.2) is 0 Å². The Labute approximate surface area is 116 Å². The van der Waals surface area contributed by atoms with Gasteiger partial charge in [-0.05, 0) is 19.3 Å². The molecule has 0 aliphatic heterocycles. The number of halogens is 6. The molecule has 21 heavy (non-hydrogen) atoms. The van der Waals surface area contributed by atoms with Crippen LogP contribution < -0.4 is 10.2 Å². The van der Waals surface area contributed by atoms with Crippen LogP contribution in [0, 0.1) is 34.9 Å². The van der Waals surface area contributed by atoms with Crippen molar-refractivity contribution >= 4 is 24.1 Å². The van der Waals surface area contributed by atoms with Gasteiger partial charge in [0.15, 0.2) is 34.8 Å². The Balaban J connectivity index is 3.03. The minimum atomic E-state index is -2.25. The van der Waals surface area contributed by atoms with Crippen molar-refractivity contribution in [1.82, 2.24) is 0 Å². The first-order valence-electron chi connectivity index (χ1n) is 5.77. The van der Waals surface area contributed by atoms with Gasteiger partial charge in [0.05, 0.1) is 11.5 Å². The normalized spacial score (nSPS) is 11.5. The van der Waals surface area contributed by atoms with Crippen molar-refractivity contribution in [1.29, 1.82) is 0 Å². The monoisotopic (exact) mass is 304 g/mol. The second-order valence-corrected chi connectivity index (χ2v) is 4.54. The van der Waals surface area contributed by atoms with Crippen molar-refractivity contribution < 1.29 is 31.1 Å². The molecule has 0 saturated carbocycles. The van der Waals surface area contributed by atoms with E-state index in [1.165, 1.54) is 13.8 Å². The quantitative estimate of drug-likeness (QED) is 0.358. The van der Waals surface area contributed by atoms with Crippen LogP contribution in [-0.4, -0.2) is 14.0 Å². The first kappa shape index (κ1) is 15.5. The van der Waals surface area contributed by atoms with E-state index in [0.29, 0.717) is 0 Å². The SMILES string of the molecule is [B]c1c(OC(C)C)c(F)c(F)c2c(F)c(F)c(F)c(F)c12. The van der Waals surface area contributed by atoms with Gasteiger partial charge in [0.25, 0.3) is 0 Å². The third kappa shape index (κ3) is 2.22. The number of hydrogen-bond donors (Lipinski definition) is 0. The summed E-state index contributed by atoms with van der Waals surface area (Å²) in [7, 11) is 5.40. The molecule has 1 nitrogen and oxygen atoms in total. The molecule has 0 fully saturated rings. The smallest absolute Gasteiger partial charge is 0.200 e. The van der Waals surface area contributed by atoms with Crippen molar-refractivity contribution in [3.05, 3.63) is 34.9 Å². The average molecular weight is 304 g/mol. The summed E-state index contributed by atoms with van der Waals surface area (Å²) >= 11 is 0. The molecule has 0 heterocycles. The highest BCUT2D eigenvalue weighted by atomic mass is 19.2. The van der Waals surface area contributed by atoms with Gasteiger partial charge >= 0.3 is 0 Å². The van der Waals surface area contributed by atoms with E-state index < -0.39 is 63.0 Å². The van der Waals surface area contributed by atoms with Crippen LogP contribution in [0.1, 0.15) is 13.8 Å². The van der Waals surface area contributed by atoms with E-state index >= 15 is 0 Å². The molecular weight excluding hydrogens is 297 g/mol. The van der Waals surface area contributed by atoms with Crippen LogP contribution >= 0.6 is 0 Å². The maximum atomic E-state index is 13.8. The predicted octanol–water partition coefficient (Wildman–Crippen LogP) is 3.26. The fraction of sp³-hybridized carbons (Fsp3) is 0.231. The third-order valence-corrected chi connectivity index (χ3v) is 2.75. The summed E-state index contributed by atoms with van der Waals surface area (Å²) in [6, 6.07) is 0. The molecule has 2 aromatic rings. The molecule has 0 aromatic heterocycles. The van der Waals surface area contributed by atoms with Crippen molar-refractivity contribution in [2.75, 3.05) is 0 Å². The van der Waals surface area contributed by atoms with Gasteiger partial charge in [-0.15, -0.1) is 0 Å². The molecule has 0 spiro atoms. The molecule has 0 atom stereocenters. The predicted molar refractivity (Wildman–Crippen MR) is 64.8 cm³/mol. The van der Waals surface area contributed by atoms with Crippen molar-refractivity contribution in [3.8, 4) is 5.75 Å². The molecule has 0 unspecified atom stereocenters. The lowest BCUT2D eigenvalue weighted by atomic mass is 9.87. The van der Waals surface area contributed by atoms with Gasteiger partial charge < -0.3 is 4.74 Å². The summed E-state index contributed by atoms with van der Waals surface area (Å²) in [5, 5.41) is -2.52. The zero-order chi connectivity index (χ0) is 16.1. The molecule has 0 saturated heterocycles. The highest BCUT2D eigenvalue weighted by Gasteiger charge is 2.29. The summed E-state index contributed by atoms with van der Waals surface area (Å²) in [6.45, 7) is 2.90. The number of hydrogen-bond acceptors (Lipinski definition) is 1. The summed E-state index contributed by atoms with van der Waals surface area (Å²) in [5.74, 6) is -12.9. The zero-order valence-corrected chi connectivity index (χ0v) is 10.8. The van der Waals surface area contributed by atoms with Crippen molar-refractivity contribution in [2.45, 2.75) is 20.0 Å². The topological polar surface area (TPSA) is 9.23 Å². The third-order valence-electron chi connectivity index (χ3n) is 2.75. The minimum Gasteiger partial charge on any atom is -0.488 e. The molecule has 2 radical (unpaired) electrons. The summed E-state index contributed by atoms with van der Waals surface area (Å²) in [4.78, 5) is 0. The molecule has 0 bridgehead atoms. The van der Waals surface area contributed by atoms with Gasteiger partial charge in [-0.25, -0.2) is 22.0 Å². The summed E-state index contributed by atoms with van der Waals surface area (Å²) in [5.41, 5.74) is -0.854. The van der Waals surface area contributed by atoms with Gasteiger partial charge in [0.2, 0.25) is 5.82 Å². The van der Waals surface area contributed by atoms with Crippen LogP contribution in [0.2, 0.25) is 0 Å². The molecule has 2 rings (SSSR count). The first-order valence-corrected chi connectivity index (χ1v) is 5.77. The van der Waals surface area contributed by atoms with Gasteiger partial charge in [-0.2, -0.15) is 4.39 Å². The lowest BCUT2D eigenvalue weighted by Crippen LogP contribution is -2.20.